The molecule has 7 heteroatoms. The first kappa shape index (κ1) is 19.5. The van der Waals surface area contributed by atoms with Gasteiger partial charge in [0, 0.05) is 11.8 Å². The second-order valence-electron chi connectivity index (χ2n) is 5.11. The van der Waals surface area contributed by atoms with Gasteiger partial charge in [0.25, 0.3) is 5.24 Å². The molecule has 0 bridgehead atoms. The number of hydrogen-bond acceptors (Lipinski definition) is 4. The van der Waals surface area contributed by atoms with Crippen LogP contribution in [-0.4, -0.2) is 30.2 Å². The van der Waals surface area contributed by atoms with E-state index < -0.39 is 26.3 Å². The molecule has 124 valence electrons. The Morgan fingerprint density at radius 2 is 1.91 bits per heavy atom. The van der Waals surface area contributed by atoms with Crippen molar-refractivity contribution in [1.29, 1.82) is 0 Å². The summed E-state index contributed by atoms with van der Waals surface area (Å²) < 4.78 is 36.4. The molecule has 0 radical (unpaired) electrons. The third-order valence-electron chi connectivity index (χ3n) is 3.34. The molecule has 1 aromatic rings. The summed E-state index contributed by atoms with van der Waals surface area (Å²) in [6, 6.07) is 2.81. The van der Waals surface area contributed by atoms with Gasteiger partial charge in [-0.1, -0.05) is 20.3 Å². The van der Waals surface area contributed by atoms with E-state index in [9.17, 15) is 17.8 Å². The molecule has 0 heterocycles. The van der Waals surface area contributed by atoms with E-state index in [0.717, 1.165) is 25.5 Å². The Morgan fingerprint density at radius 3 is 2.36 bits per heavy atom. The number of benzene rings is 1. The highest BCUT2D eigenvalue weighted by Gasteiger charge is 2.26. The van der Waals surface area contributed by atoms with Gasteiger partial charge in [0.05, 0.1) is 0 Å². The van der Waals surface area contributed by atoms with Crippen molar-refractivity contribution < 1.29 is 17.8 Å². The van der Waals surface area contributed by atoms with Crippen LogP contribution in [0.4, 0.5) is 0 Å². The van der Waals surface area contributed by atoms with Crippen LogP contribution in [0, 0.1) is 0 Å². The molecule has 0 saturated carbocycles. The van der Waals surface area contributed by atoms with E-state index in [2.05, 4.69) is 0 Å². The number of halogens is 1. The van der Waals surface area contributed by atoms with Gasteiger partial charge in [-0.2, -0.15) is 0 Å². The maximum Gasteiger partial charge on any atom is 0.252 e. The fraction of sp³-hybridized carbons (Fsp3) is 0.533. The van der Waals surface area contributed by atoms with Gasteiger partial charge in [0.1, 0.15) is 10.6 Å². The number of hydrogen-bond donors (Lipinski definition) is 0. The van der Waals surface area contributed by atoms with Crippen molar-refractivity contribution in [3.63, 3.8) is 0 Å². The Hall–Kier alpha value is -0.560. The summed E-state index contributed by atoms with van der Waals surface area (Å²) >= 11 is 4.12. The predicted octanol–water partition coefficient (Wildman–Crippen LogP) is 3.33. The van der Waals surface area contributed by atoms with Crippen molar-refractivity contribution >= 4 is 37.9 Å². The third kappa shape index (κ3) is 4.98. The van der Waals surface area contributed by atoms with Crippen LogP contribution in [0.1, 0.15) is 49.0 Å². The van der Waals surface area contributed by atoms with Gasteiger partial charge in [-0.15, -0.1) is 0 Å². The summed E-state index contributed by atoms with van der Waals surface area (Å²) in [7, 11) is -3.59. The molecular formula is C15H21ClO4S2. The Kier molecular flexibility index (Phi) is 7.38. The van der Waals surface area contributed by atoms with Crippen molar-refractivity contribution in [2.45, 2.75) is 49.3 Å². The molecule has 22 heavy (non-hydrogen) atoms. The molecule has 0 aliphatic heterocycles. The zero-order valence-electron chi connectivity index (χ0n) is 13.0. The van der Waals surface area contributed by atoms with Gasteiger partial charge in [0.15, 0.2) is 14.7 Å². The molecule has 0 amide bonds. The van der Waals surface area contributed by atoms with Crippen molar-refractivity contribution in [2.75, 3.05) is 12.0 Å². The average Bonchev–Trinajstić information content (AvgIpc) is 2.44. The van der Waals surface area contributed by atoms with Crippen molar-refractivity contribution in [3.8, 4) is 0 Å². The van der Waals surface area contributed by atoms with Gasteiger partial charge in [-0.25, -0.2) is 8.42 Å². The van der Waals surface area contributed by atoms with Gasteiger partial charge < -0.3 is 4.55 Å². The summed E-state index contributed by atoms with van der Waals surface area (Å²) in [6.07, 6.45) is 4.26. The van der Waals surface area contributed by atoms with Crippen molar-refractivity contribution in [1.82, 2.24) is 0 Å². The van der Waals surface area contributed by atoms with E-state index in [-0.39, 0.29) is 15.4 Å². The summed E-state index contributed by atoms with van der Waals surface area (Å²) in [6.45, 7) is 3.88. The predicted molar refractivity (Wildman–Crippen MR) is 89.9 cm³/mol. The smallest absolute Gasteiger partial charge is 0.252 e. The van der Waals surface area contributed by atoms with Gasteiger partial charge in [-0.05, 0) is 59.7 Å². The lowest BCUT2D eigenvalue weighted by atomic mass is 10.1. The van der Waals surface area contributed by atoms with Crippen molar-refractivity contribution in [2.24, 2.45) is 0 Å². The molecule has 4 nitrogen and oxygen atoms in total. The first-order chi connectivity index (χ1) is 10.2. The zero-order valence-corrected chi connectivity index (χ0v) is 15.4. The number of rotatable bonds is 8. The third-order valence-corrected chi connectivity index (χ3v) is 6.30. The molecule has 1 aromatic carbocycles. The number of unbranched alkanes of at least 4 members (excludes halogenated alkanes) is 2. The summed E-state index contributed by atoms with van der Waals surface area (Å²) in [5.74, 6) is 0.410. The Labute approximate surface area is 140 Å². The summed E-state index contributed by atoms with van der Waals surface area (Å²) in [5, 5.41) is -0.704. The Morgan fingerprint density at radius 1 is 1.27 bits per heavy atom. The van der Waals surface area contributed by atoms with E-state index in [1.165, 1.54) is 6.07 Å². The monoisotopic (exact) mass is 364 g/mol. The topological polar surface area (TPSA) is 74.3 Å². The molecule has 1 rings (SSSR count). The molecule has 0 aromatic heterocycles. The Bertz CT molecular complexity index is 641. The lowest BCUT2D eigenvalue weighted by molar-refractivity contribution is 0.108. The lowest BCUT2D eigenvalue weighted by Gasteiger charge is -2.16. The summed E-state index contributed by atoms with van der Waals surface area (Å²) in [5.41, 5.74) is 0.783. The van der Waals surface area contributed by atoms with Gasteiger partial charge in [0.2, 0.25) is 0 Å². The number of sulfone groups is 1. The van der Waals surface area contributed by atoms with Crippen LogP contribution in [-0.2, 0) is 27.4 Å². The molecule has 0 aliphatic rings. The minimum absolute atomic E-state index is 0.0662. The molecule has 0 N–H and O–H groups in total. The quantitative estimate of drug-likeness (QED) is 0.403. The van der Waals surface area contributed by atoms with Crippen LogP contribution in [0.25, 0.3) is 0 Å². The van der Waals surface area contributed by atoms with Crippen LogP contribution in [0.15, 0.2) is 21.9 Å². The van der Waals surface area contributed by atoms with Gasteiger partial charge >= 0.3 is 0 Å². The molecular weight excluding hydrogens is 344 g/mol. The van der Waals surface area contributed by atoms with Crippen LogP contribution >= 0.6 is 11.6 Å². The SMILES string of the molecule is CCCCC[S+]([O-])c1cc(CC)c(C(=O)Cl)cc1S(C)(=O)=O. The van der Waals surface area contributed by atoms with E-state index in [1.807, 2.05) is 13.8 Å². The molecule has 1 atom stereocenters. The number of aryl methyl sites for hydroxylation is 1. The Balaban J connectivity index is 3.38. The van der Waals surface area contributed by atoms with Crippen LogP contribution in [0.5, 0.6) is 0 Å². The highest BCUT2D eigenvalue weighted by molar-refractivity contribution is 7.94. The van der Waals surface area contributed by atoms with E-state index >= 15 is 0 Å². The van der Waals surface area contributed by atoms with E-state index in [4.69, 9.17) is 11.6 Å². The molecule has 0 spiro atoms. The van der Waals surface area contributed by atoms with E-state index in [0.29, 0.717) is 17.7 Å². The summed E-state index contributed by atoms with van der Waals surface area (Å²) in [4.78, 5) is 11.7. The second-order valence-corrected chi connectivity index (χ2v) is 8.98. The second kappa shape index (κ2) is 8.34. The highest BCUT2D eigenvalue weighted by atomic mass is 35.5. The highest BCUT2D eigenvalue weighted by Crippen LogP contribution is 2.28. The molecule has 0 fully saturated rings. The average molecular weight is 365 g/mol. The first-order valence-electron chi connectivity index (χ1n) is 7.17. The maximum absolute atomic E-state index is 12.5. The molecule has 1 unspecified atom stereocenters. The minimum atomic E-state index is -3.59. The maximum atomic E-state index is 12.5. The van der Waals surface area contributed by atoms with Crippen LogP contribution in [0.2, 0.25) is 0 Å². The minimum Gasteiger partial charge on any atom is -0.611 e. The molecule has 0 saturated heterocycles. The van der Waals surface area contributed by atoms with Crippen LogP contribution < -0.4 is 0 Å². The fourth-order valence-electron chi connectivity index (χ4n) is 2.14. The number of carbonyl (C=O) groups excluding carboxylic acids is 1. The lowest BCUT2D eigenvalue weighted by Crippen LogP contribution is -2.14. The van der Waals surface area contributed by atoms with Crippen molar-refractivity contribution in [3.05, 3.63) is 23.3 Å². The molecule has 0 aliphatic carbocycles. The fourth-order valence-corrected chi connectivity index (χ4v) is 5.05. The number of carbonyl (C=O) groups is 1. The standard InChI is InChI=1S/C15H21ClO4S2/c1-4-6-7-8-21(18)13-9-11(5-2)12(15(16)17)10-14(13)22(3,19)20/h9-10H,4-8H2,1-3H3. The van der Waals surface area contributed by atoms with E-state index in [1.54, 1.807) is 6.07 Å². The first-order valence-corrected chi connectivity index (χ1v) is 10.8. The van der Waals surface area contributed by atoms with Gasteiger partial charge in [-0.3, -0.25) is 4.79 Å². The largest absolute Gasteiger partial charge is 0.611 e. The zero-order chi connectivity index (χ0) is 16.9. The van der Waals surface area contributed by atoms with Crippen LogP contribution in [0.3, 0.4) is 0 Å². The normalized spacial score (nSPS) is 13.1.